The summed E-state index contributed by atoms with van der Waals surface area (Å²) in [6, 6.07) is 16.4. The number of esters is 2. The van der Waals surface area contributed by atoms with E-state index in [1.807, 2.05) is 42.5 Å². The average molecular weight is 319 g/mol. The maximum atomic E-state index is 12.5. The van der Waals surface area contributed by atoms with Crippen molar-refractivity contribution >= 4 is 22.7 Å². The number of hydrogen-bond acceptors (Lipinski definition) is 5. The van der Waals surface area contributed by atoms with Crippen molar-refractivity contribution in [3.8, 4) is 11.6 Å². The molecular formula is C19H13NO4. The summed E-state index contributed by atoms with van der Waals surface area (Å²) in [7, 11) is 0. The maximum absolute atomic E-state index is 12.5. The van der Waals surface area contributed by atoms with E-state index in [2.05, 4.69) is 4.98 Å². The highest BCUT2D eigenvalue weighted by Gasteiger charge is 2.36. The Kier molecular flexibility index (Phi) is 3.46. The standard InChI is InChI=1S/C19H13NO4/c21-18-15(11-13-6-2-4-8-16(13)23-18)19(22)24-17-14-7-3-1-5-12(14)9-10-20-17/h1-10,15H,11H2. The second-order valence-electron chi connectivity index (χ2n) is 5.54. The molecule has 1 aromatic heterocycles. The number of aromatic nitrogens is 1. The number of pyridine rings is 1. The topological polar surface area (TPSA) is 65.5 Å². The molecule has 0 bridgehead atoms. The fourth-order valence-electron chi connectivity index (χ4n) is 2.77. The first-order valence-electron chi connectivity index (χ1n) is 7.57. The van der Waals surface area contributed by atoms with Crippen LogP contribution in [0.15, 0.2) is 60.8 Å². The van der Waals surface area contributed by atoms with Crippen molar-refractivity contribution in [2.24, 2.45) is 5.92 Å². The van der Waals surface area contributed by atoms with Crippen molar-refractivity contribution in [2.75, 3.05) is 0 Å². The maximum Gasteiger partial charge on any atom is 0.327 e. The minimum atomic E-state index is -0.985. The first-order chi connectivity index (χ1) is 11.7. The number of rotatable bonds is 2. The molecule has 0 N–H and O–H groups in total. The number of fused-ring (bicyclic) bond motifs is 2. The third kappa shape index (κ3) is 2.50. The number of carbonyl (C=O) groups excluding carboxylic acids is 2. The van der Waals surface area contributed by atoms with Crippen LogP contribution in [0.1, 0.15) is 5.56 Å². The fraction of sp³-hybridized carbons (Fsp3) is 0.105. The summed E-state index contributed by atoms with van der Waals surface area (Å²) in [4.78, 5) is 28.7. The third-order valence-corrected chi connectivity index (χ3v) is 4.01. The van der Waals surface area contributed by atoms with E-state index in [1.165, 1.54) is 0 Å². The van der Waals surface area contributed by atoms with Gasteiger partial charge >= 0.3 is 11.9 Å². The Hall–Kier alpha value is -3.21. The molecule has 2 heterocycles. The van der Waals surface area contributed by atoms with Crippen LogP contribution in [0.3, 0.4) is 0 Å². The zero-order chi connectivity index (χ0) is 16.5. The minimum absolute atomic E-state index is 0.199. The van der Waals surface area contributed by atoms with E-state index < -0.39 is 17.9 Å². The van der Waals surface area contributed by atoms with Gasteiger partial charge in [0.15, 0.2) is 5.92 Å². The van der Waals surface area contributed by atoms with Crippen molar-refractivity contribution in [2.45, 2.75) is 6.42 Å². The van der Waals surface area contributed by atoms with Crippen molar-refractivity contribution in [3.05, 3.63) is 66.4 Å². The number of para-hydroxylation sites is 1. The number of carbonyl (C=O) groups is 2. The second kappa shape index (κ2) is 5.77. The summed E-state index contributed by atoms with van der Waals surface area (Å²) in [5.41, 5.74) is 0.810. The summed E-state index contributed by atoms with van der Waals surface area (Å²) < 4.78 is 10.6. The molecule has 5 heteroatoms. The quantitative estimate of drug-likeness (QED) is 0.413. The Morgan fingerprint density at radius 2 is 1.88 bits per heavy atom. The van der Waals surface area contributed by atoms with Gasteiger partial charge < -0.3 is 9.47 Å². The Morgan fingerprint density at radius 3 is 2.79 bits per heavy atom. The predicted octanol–water partition coefficient (Wildman–Crippen LogP) is 2.92. The van der Waals surface area contributed by atoms with E-state index in [0.29, 0.717) is 5.75 Å². The third-order valence-electron chi connectivity index (χ3n) is 4.01. The first-order valence-corrected chi connectivity index (χ1v) is 7.57. The Balaban J connectivity index is 1.61. The molecule has 4 rings (SSSR count). The smallest absolute Gasteiger partial charge is 0.327 e. The van der Waals surface area contributed by atoms with Crippen molar-refractivity contribution < 1.29 is 19.1 Å². The Labute approximate surface area is 137 Å². The van der Waals surface area contributed by atoms with Crippen LogP contribution >= 0.6 is 0 Å². The molecule has 1 aliphatic heterocycles. The molecule has 0 amide bonds. The molecule has 1 atom stereocenters. The van der Waals surface area contributed by atoms with E-state index in [1.54, 1.807) is 18.3 Å². The molecule has 118 valence electrons. The average Bonchev–Trinajstić information content (AvgIpc) is 2.61. The van der Waals surface area contributed by atoms with Crippen LogP contribution in [0.5, 0.6) is 11.6 Å². The SMILES string of the molecule is O=C1Oc2ccccc2CC1C(=O)Oc1nccc2ccccc12. The van der Waals surface area contributed by atoms with Crippen molar-refractivity contribution in [3.63, 3.8) is 0 Å². The molecule has 0 aliphatic carbocycles. The molecule has 3 aromatic rings. The number of benzene rings is 2. The van der Waals surface area contributed by atoms with Crippen LogP contribution in [0.2, 0.25) is 0 Å². The van der Waals surface area contributed by atoms with Gasteiger partial charge in [-0.2, -0.15) is 0 Å². The monoisotopic (exact) mass is 319 g/mol. The largest absolute Gasteiger partial charge is 0.426 e. The van der Waals surface area contributed by atoms with Crippen LogP contribution < -0.4 is 9.47 Å². The number of ether oxygens (including phenoxy) is 2. The molecule has 2 aromatic carbocycles. The second-order valence-corrected chi connectivity index (χ2v) is 5.54. The van der Waals surface area contributed by atoms with Crippen molar-refractivity contribution in [1.29, 1.82) is 0 Å². The van der Waals surface area contributed by atoms with Crippen LogP contribution in [-0.4, -0.2) is 16.9 Å². The van der Waals surface area contributed by atoms with E-state index in [4.69, 9.17) is 9.47 Å². The number of hydrogen-bond donors (Lipinski definition) is 0. The van der Waals surface area contributed by atoms with Gasteiger partial charge in [0, 0.05) is 18.0 Å². The van der Waals surface area contributed by atoms with E-state index >= 15 is 0 Å². The highest BCUT2D eigenvalue weighted by atomic mass is 16.6. The van der Waals surface area contributed by atoms with Crippen LogP contribution in [0, 0.1) is 5.92 Å². The highest BCUT2D eigenvalue weighted by molar-refractivity contribution is 5.99. The zero-order valence-electron chi connectivity index (χ0n) is 12.6. The van der Waals surface area contributed by atoms with Gasteiger partial charge in [-0.05, 0) is 29.1 Å². The lowest BCUT2D eigenvalue weighted by molar-refractivity contribution is -0.152. The van der Waals surface area contributed by atoms with E-state index in [9.17, 15) is 9.59 Å². The molecule has 0 radical (unpaired) electrons. The van der Waals surface area contributed by atoms with Crippen LogP contribution in [0.4, 0.5) is 0 Å². The lowest BCUT2D eigenvalue weighted by Gasteiger charge is -2.21. The molecule has 0 saturated heterocycles. The molecule has 24 heavy (non-hydrogen) atoms. The molecule has 0 fully saturated rings. The van der Waals surface area contributed by atoms with Gasteiger partial charge in [-0.3, -0.25) is 9.59 Å². The van der Waals surface area contributed by atoms with Crippen LogP contribution in [-0.2, 0) is 16.0 Å². The molecule has 1 aliphatic rings. The summed E-state index contributed by atoms with van der Waals surface area (Å²) >= 11 is 0. The van der Waals surface area contributed by atoms with E-state index in [-0.39, 0.29) is 12.3 Å². The molecule has 0 saturated carbocycles. The summed E-state index contributed by atoms with van der Waals surface area (Å²) in [5, 5.41) is 1.63. The first kappa shape index (κ1) is 14.4. The zero-order valence-corrected chi connectivity index (χ0v) is 12.6. The molecule has 1 unspecified atom stereocenters. The van der Waals surface area contributed by atoms with Gasteiger partial charge in [0.2, 0.25) is 5.88 Å². The summed E-state index contributed by atoms with van der Waals surface area (Å²) in [6.07, 6.45) is 1.83. The summed E-state index contributed by atoms with van der Waals surface area (Å²) in [6.45, 7) is 0. The molecular weight excluding hydrogens is 306 g/mol. The molecule has 0 spiro atoms. The molecule has 5 nitrogen and oxygen atoms in total. The van der Waals surface area contributed by atoms with Crippen molar-refractivity contribution in [1.82, 2.24) is 4.98 Å². The lowest BCUT2D eigenvalue weighted by atomic mass is 9.96. The minimum Gasteiger partial charge on any atom is -0.426 e. The number of nitrogens with zero attached hydrogens (tertiary/aromatic N) is 1. The Bertz CT molecular complexity index is 946. The normalized spacial score (nSPS) is 16.3. The lowest BCUT2D eigenvalue weighted by Crippen LogP contribution is -2.36. The van der Waals surface area contributed by atoms with Crippen LogP contribution in [0.25, 0.3) is 10.8 Å². The van der Waals surface area contributed by atoms with Gasteiger partial charge in [0.05, 0.1) is 0 Å². The fourth-order valence-corrected chi connectivity index (χ4v) is 2.77. The Morgan fingerprint density at radius 1 is 1.08 bits per heavy atom. The van der Waals surface area contributed by atoms with Gasteiger partial charge in [0.25, 0.3) is 0 Å². The summed E-state index contributed by atoms with van der Waals surface area (Å²) in [5.74, 6) is -1.54. The highest BCUT2D eigenvalue weighted by Crippen LogP contribution is 2.29. The van der Waals surface area contributed by atoms with Gasteiger partial charge in [-0.1, -0.05) is 36.4 Å². The predicted molar refractivity (Wildman–Crippen MR) is 86.6 cm³/mol. The van der Waals surface area contributed by atoms with E-state index in [0.717, 1.165) is 16.3 Å². The van der Waals surface area contributed by atoms with Gasteiger partial charge in [0.1, 0.15) is 5.75 Å². The van der Waals surface area contributed by atoms with Gasteiger partial charge in [-0.25, -0.2) is 4.98 Å². The van der Waals surface area contributed by atoms with Gasteiger partial charge in [-0.15, -0.1) is 0 Å².